The van der Waals surface area contributed by atoms with E-state index in [1.807, 2.05) is 34.5 Å². The zero-order valence-corrected chi connectivity index (χ0v) is 13.0. The summed E-state index contributed by atoms with van der Waals surface area (Å²) >= 11 is 1.52. The molecule has 2 aliphatic rings. The molecule has 2 aromatic heterocycles. The number of aromatic nitrogens is 1. The van der Waals surface area contributed by atoms with E-state index in [1.54, 1.807) is 12.4 Å². The van der Waals surface area contributed by atoms with Crippen LogP contribution < -0.4 is 4.74 Å². The molecule has 5 heteroatoms. The molecule has 1 saturated carbocycles. The van der Waals surface area contributed by atoms with Crippen molar-refractivity contribution in [3.8, 4) is 5.75 Å². The number of carbonyl (C=O) groups excluding carboxylic acids is 1. The maximum atomic E-state index is 12.5. The van der Waals surface area contributed by atoms with Gasteiger partial charge in [-0.15, -0.1) is 11.3 Å². The van der Waals surface area contributed by atoms with Crippen LogP contribution in [0.1, 0.15) is 22.5 Å². The maximum absolute atomic E-state index is 12.5. The number of fused-ring (bicyclic) bond motifs is 1. The minimum Gasteiger partial charge on any atom is -0.488 e. The predicted molar refractivity (Wildman–Crippen MR) is 85.1 cm³/mol. The summed E-state index contributed by atoms with van der Waals surface area (Å²) in [6.07, 6.45) is 5.93. The lowest BCUT2D eigenvalue weighted by Crippen LogP contribution is -2.32. The summed E-state index contributed by atoms with van der Waals surface area (Å²) in [5, 5.41) is 1.96. The highest BCUT2D eigenvalue weighted by Gasteiger charge is 2.45. The van der Waals surface area contributed by atoms with Gasteiger partial charge in [-0.3, -0.25) is 9.78 Å². The van der Waals surface area contributed by atoms with E-state index in [4.69, 9.17) is 4.74 Å². The molecule has 0 unspecified atom stereocenters. The summed E-state index contributed by atoms with van der Waals surface area (Å²) in [7, 11) is 0. The van der Waals surface area contributed by atoms with Crippen molar-refractivity contribution in [2.75, 3.05) is 13.1 Å². The minimum atomic E-state index is 0.171. The fraction of sp³-hybridized carbons (Fsp3) is 0.412. The second kappa shape index (κ2) is 5.72. The number of amides is 1. The molecule has 0 aromatic carbocycles. The summed E-state index contributed by atoms with van der Waals surface area (Å²) in [6.45, 7) is 1.68. The van der Waals surface area contributed by atoms with Crippen molar-refractivity contribution in [3.05, 3.63) is 46.9 Å². The van der Waals surface area contributed by atoms with E-state index in [-0.39, 0.29) is 12.0 Å². The number of hydrogen-bond donors (Lipinski definition) is 0. The molecule has 1 saturated heterocycles. The van der Waals surface area contributed by atoms with Crippen LogP contribution >= 0.6 is 11.3 Å². The Labute approximate surface area is 133 Å². The fourth-order valence-corrected chi connectivity index (χ4v) is 4.37. The first-order chi connectivity index (χ1) is 10.8. The van der Waals surface area contributed by atoms with Crippen LogP contribution in [0.2, 0.25) is 0 Å². The van der Waals surface area contributed by atoms with Crippen LogP contribution in [0.25, 0.3) is 0 Å². The zero-order valence-electron chi connectivity index (χ0n) is 12.2. The molecule has 4 rings (SSSR count). The van der Waals surface area contributed by atoms with E-state index in [2.05, 4.69) is 4.98 Å². The number of pyridine rings is 1. The molecule has 1 amide bonds. The SMILES string of the molecule is O=C(c1cccs1)N1C[C@H]2CC[C@@H](Oc3cccnc3)[C@H]2C1. The lowest BCUT2D eigenvalue weighted by atomic mass is 9.99. The summed E-state index contributed by atoms with van der Waals surface area (Å²) in [6, 6.07) is 7.68. The molecule has 2 fully saturated rings. The first kappa shape index (κ1) is 13.8. The third kappa shape index (κ3) is 2.50. The summed E-state index contributed by atoms with van der Waals surface area (Å²) in [4.78, 5) is 19.4. The number of nitrogens with zero attached hydrogens (tertiary/aromatic N) is 2. The predicted octanol–water partition coefficient (Wildman–Crippen LogP) is 3.07. The second-order valence-electron chi connectivity index (χ2n) is 6.03. The van der Waals surface area contributed by atoms with E-state index in [1.165, 1.54) is 11.3 Å². The van der Waals surface area contributed by atoms with Gasteiger partial charge in [-0.25, -0.2) is 0 Å². The maximum Gasteiger partial charge on any atom is 0.263 e. The molecule has 3 atom stereocenters. The van der Waals surface area contributed by atoms with Crippen molar-refractivity contribution >= 4 is 17.2 Å². The first-order valence-electron chi connectivity index (χ1n) is 7.71. The Morgan fingerprint density at radius 1 is 1.27 bits per heavy atom. The minimum absolute atomic E-state index is 0.171. The number of thiophene rings is 1. The van der Waals surface area contributed by atoms with E-state index in [0.29, 0.717) is 11.8 Å². The van der Waals surface area contributed by atoms with E-state index < -0.39 is 0 Å². The van der Waals surface area contributed by atoms with Gasteiger partial charge in [0, 0.05) is 25.2 Å². The fourth-order valence-electron chi connectivity index (χ4n) is 3.68. The van der Waals surface area contributed by atoms with Crippen molar-refractivity contribution < 1.29 is 9.53 Å². The molecule has 0 bridgehead atoms. The van der Waals surface area contributed by atoms with Crippen LogP contribution in [0, 0.1) is 11.8 Å². The Balaban J connectivity index is 1.44. The van der Waals surface area contributed by atoms with E-state index >= 15 is 0 Å². The van der Waals surface area contributed by atoms with Crippen molar-refractivity contribution in [1.82, 2.24) is 9.88 Å². The van der Waals surface area contributed by atoms with Crippen molar-refractivity contribution in [2.24, 2.45) is 11.8 Å². The molecule has 0 radical (unpaired) electrons. The Hall–Kier alpha value is -1.88. The quantitative estimate of drug-likeness (QED) is 0.874. The van der Waals surface area contributed by atoms with Crippen molar-refractivity contribution in [2.45, 2.75) is 18.9 Å². The van der Waals surface area contributed by atoms with Crippen LogP contribution in [-0.4, -0.2) is 35.0 Å². The summed E-state index contributed by atoms with van der Waals surface area (Å²) in [5.41, 5.74) is 0. The Morgan fingerprint density at radius 3 is 3.00 bits per heavy atom. The molecule has 2 aromatic rings. The third-order valence-corrected chi connectivity index (χ3v) is 5.59. The topological polar surface area (TPSA) is 42.4 Å². The number of likely N-dealkylation sites (tertiary alicyclic amines) is 1. The van der Waals surface area contributed by atoms with Crippen LogP contribution in [0.5, 0.6) is 5.75 Å². The second-order valence-corrected chi connectivity index (χ2v) is 6.98. The van der Waals surface area contributed by atoms with Gasteiger partial charge in [0.05, 0.1) is 11.1 Å². The average molecular weight is 314 g/mol. The van der Waals surface area contributed by atoms with Crippen LogP contribution in [0.3, 0.4) is 0 Å². The molecule has 1 aliphatic carbocycles. The summed E-state index contributed by atoms with van der Waals surface area (Å²) < 4.78 is 6.11. The van der Waals surface area contributed by atoms with Crippen LogP contribution in [-0.2, 0) is 0 Å². The Morgan fingerprint density at radius 2 is 2.23 bits per heavy atom. The molecule has 22 heavy (non-hydrogen) atoms. The lowest BCUT2D eigenvalue weighted by molar-refractivity contribution is 0.0767. The average Bonchev–Trinajstić information content (AvgIpc) is 3.26. The van der Waals surface area contributed by atoms with Gasteiger partial charge in [0.15, 0.2) is 0 Å². The molecule has 4 nitrogen and oxygen atoms in total. The molecule has 3 heterocycles. The number of carbonyl (C=O) groups is 1. The van der Waals surface area contributed by atoms with Gasteiger partial charge in [0.2, 0.25) is 0 Å². The van der Waals surface area contributed by atoms with Gasteiger partial charge in [-0.2, -0.15) is 0 Å². The molecule has 0 spiro atoms. The monoisotopic (exact) mass is 314 g/mol. The molecule has 114 valence electrons. The smallest absolute Gasteiger partial charge is 0.263 e. The molecule has 0 N–H and O–H groups in total. The highest BCUT2D eigenvalue weighted by molar-refractivity contribution is 7.12. The van der Waals surface area contributed by atoms with Gasteiger partial charge in [-0.05, 0) is 42.3 Å². The van der Waals surface area contributed by atoms with E-state index in [9.17, 15) is 4.79 Å². The van der Waals surface area contributed by atoms with Gasteiger partial charge in [-0.1, -0.05) is 6.07 Å². The third-order valence-electron chi connectivity index (χ3n) is 4.73. The molecule has 1 aliphatic heterocycles. The van der Waals surface area contributed by atoms with E-state index in [0.717, 1.165) is 36.6 Å². The largest absolute Gasteiger partial charge is 0.488 e. The van der Waals surface area contributed by atoms with Crippen molar-refractivity contribution in [1.29, 1.82) is 0 Å². The van der Waals surface area contributed by atoms with Gasteiger partial charge in [0.25, 0.3) is 5.91 Å². The highest BCUT2D eigenvalue weighted by atomic mass is 32.1. The molecular formula is C17H18N2O2S. The van der Waals surface area contributed by atoms with Gasteiger partial charge >= 0.3 is 0 Å². The molecular weight excluding hydrogens is 296 g/mol. The number of hydrogen-bond acceptors (Lipinski definition) is 4. The number of ether oxygens (including phenoxy) is 1. The number of rotatable bonds is 3. The van der Waals surface area contributed by atoms with Crippen molar-refractivity contribution in [3.63, 3.8) is 0 Å². The Bertz CT molecular complexity index is 644. The Kier molecular flexibility index (Phi) is 3.58. The standard InChI is InChI=1S/C17H18N2O2S/c20-17(16-4-2-8-22-16)19-10-12-5-6-15(14(12)11-19)21-13-3-1-7-18-9-13/h1-4,7-9,12,14-15H,5-6,10-11H2/t12-,14+,15-/m1/s1. The first-order valence-corrected chi connectivity index (χ1v) is 8.58. The van der Waals surface area contributed by atoms with Gasteiger partial charge < -0.3 is 9.64 Å². The zero-order chi connectivity index (χ0) is 14.9. The summed E-state index contributed by atoms with van der Waals surface area (Å²) in [5.74, 6) is 2.02. The normalized spacial score (nSPS) is 26.9. The van der Waals surface area contributed by atoms with Crippen LogP contribution in [0.4, 0.5) is 0 Å². The van der Waals surface area contributed by atoms with Gasteiger partial charge in [0.1, 0.15) is 11.9 Å². The van der Waals surface area contributed by atoms with Crippen LogP contribution in [0.15, 0.2) is 42.0 Å². The lowest BCUT2D eigenvalue weighted by Gasteiger charge is -2.21. The highest BCUT2D eigenvalue weighted by Crippen LogP contribution is 2.40.